The molecule has 3 nitrogen and oxygen atoms in total. The molecule has 2 fully saturated rings. The third-order valence-electron chi connectivity index (χ3n) is 4.20. The van der Waals surface area contributed by atoms with Gasteiger partial charge in [-0.15, -0.1) is 0 Å². The van der Waals surface area contributed by atoms with Crippen LogP contribution in [0.1, 0.15) is 37.3 Å². The van der Waals surface area contributed by atoms with Crippen molar-refractivity contribution in [1.82, 2.24) is 5.32 Å². The third kappa shape index (κ3) is 3.28. The van der Waals surface area contributed by atoms with E-state index >= 15 is 0 Å². The van der Waals surface area contributed by atoms with Gasteiger partial charge in [-0.25, -0.2) is 0 Å². The third-order valence-corrected chi connectivity index (χ3v) is 4.20. The van der Waals surface area contributed by atoms with Crippen molar-refractivity contribution in [3.05, 3.63) is 29.8 Å². The van der Waals surface area contributed by atoms with E-state index in [4.69, 9.17) is 9.47 Å². The van der Waals surface area contributed by atoms with Crippen molar-refractivity contribution in [2.24, 2.45) is 5.92 Å². The summed E-state index contributed by atoms with van der Waals surface area (Å²) in [6, 6.07) is 9.66. The van der Waals surface area contributed by atoms with Gasteiger partial charge in [-0.1, -0.05) is 12.1 Å². The SMILES string of the molecule is COc1ccc(C(NC2CCOCC2)C2CC2)cc1. The summed E-state index contributed by atoms with van der Waals surface area (Å²) in [4.78, 5) is 0. The fraction of sp³-hybridized carbons (Fsp3) is 0.625. The van der Waals surface area contributed by atoms with Gasteiger partial charge >= 0.3 is 0 Å². The maximum atomic E-state index is 5.44. The molecule has 0 aromatic heterocycles. The molecule has 1 heterocycles. The lowest BCUT2D eigenvalue weighted by Gasteiger charge is -2.29. The molecule has 1 N–H and O–H groups in total. The highest BCUT2D eigenvalue weighted by Crippen LogP contribution is 2.41. The lowest BCUT2D eigenvalue weighted by molar-refractivity contribution is 0.0739. The number of methoxy groups -OCH3 is 1. The first kappa shape index (κ1) is 12.9. The molecule has 1 aliphatic carbocycles. The van der Waals surface area contributed by atoms with Crippen LogP contribution in [0.2, 0.25) is 0 Å². The highest BCUT2D eigenvalue weighted by atomic mass is 16.5. The zero-order chi connectivity index (χ0) is 13.1. The standard InChI is InChI=1S/C16H23NO2/c1-18-15-6-4-13(5-7-15)16(12-2-3-12)17-14-8-10-19-11-9-14/h4-7,12,14,16-17H,2-3,8-11H2,1H3. The van der Waals surface area contributed by atoms with Crippen molar-refractivity contribution in [2.75, 3.05) is 20.3 Å². The van der Waals surface area contributed by atoms with Crippen molar-refractivity contribution < 1.29 is 9.47 Å². The largest absolute Gasteiger partial charge is 0.497 e. The second-order valence-corrected chi connectivity index (χ2v) is 5.64. The molecule has 3 rings (SSSR count). The molecule has 0 spiro atoms. The highest BCUT2D eigenvalue weighted by molar-refractivity contribution is 5.30. The number of hydrogen-bond acceptors (Lipinski definition) is 3. The van der Waals surface area contributed by atoms with E-state index in [2.05, 4.69) is 29.6 Å². The smallest absolute Gasteiger partial charge is 0.118 e. The molecule has 1 saturated carbocycles. The molecule has 19 heavy (non-hydrogen) atoms. The van der Waals surface area contributed by atoms with Crippen molar-refractivity contribution in [2.45, 2.75) is 37.8 Å². The molecule has 0 bridgehead atoms. The summed E-state index contributed by atoms with van der Waals surface area (Å²) in [6.07, 6.45) is 4.98. The Morgan fingerprint density at radius 2 is 1.79 bits per heavy atom. The summed E-state index contributed by atoms with van der Waals surface area (Å²) in [7, 11) is 1.72. The topological polar surface area (TPSA) is 30.5 Å². The van der Waals surface area contributed by atoms with E-state index in [9.17, 15) is 0 Å². The molecule has 0 amide bonds. The summed E-state index contributed by atoms with van der Waals surface area (Å²) in [5, 5.41) is 3.85. The van der Waals surface area contributed by atoms with Crippen LogP contribution in [-0.2, 0) is 4.74 Å². The van der Waals surface area contributed by atoms with Gasteiger partial charge in [0.15, 0.2) is 0 Å². The van der Waals surface area contributed by atoms with E-state index in [-0.39, 0.29) is 0 Å². The number of hydrogen-bond donors (Lipinski definition) is 1. The first-order chi connectivity index (χ1) is 9.36. The first-order valence-electron chi connectivity index (χ1n) is 7.34. The second-order valence-electron chi connectivity index (χ2n) is 5.64. The predicted molar refractivity (Wildman–Crippen MR) is 75.4 cm³/mol. The Bertz CT molecular complexity index is 394. The van der Waals surface area contributed by atoms with Crippen LogP contribution < -0.4 is 10.1 Å². The molecule has 3 heteroatoms. The molecule has 104 valence electrons. The number of rotatable bonds is 5. The fourth-order valence-corrected chi connectivity index (χ4v) is 2.86. The molecular formula is C16H23NO2. The molecule has 1 aromatic rings. The molecule has 0 radical (unpaired) electrons. The van der Waals surface area contributed by atoms with Crippen molar-refractivity contribution in [3.8, 4) is 5.75 Å². The molecular weight excluding hydrogens is 238 g/mol. The average molecular weight is 261 g/mol. The Kier molecular flexibility index (Phi) is 4.04. The summed E-state index contributed by atoms with van der Waals surface area (Å²) in [5.41, 5.74) is 1.40. The monoisotopic (exact) mass is 261 g/mol. The Morgan fingerprint density at radius 1 is 1.11 bits per heavy atom. The van der Waals surface area contributed by atoms with Crippen LogP contribution in [0.3, 0.4) is 0 Å². The van der Waals surface area contributed by atoms with Crippen LogP contribution in [0.5, 0.6) is 5.75 Å². The fourth-order valence-electron chi connectivity index (χ4n) is 2.86. The Balaban J connectivity index is 1.68. The minimum absolute atomic E-state index is 0.508. The molecule has 1 aromatic carbocycles. The van der Waals surface area contributed by atoms with E-state index in [0.29, 0.717) is 12.1 Å². The van der Waals surface area contributed by atoms with Crippen LogP contribution in [-0.4, -0.2) is 26.4 Å². The van der Waals surface area contributed by atoms with Crippen molar-refractivity contribution >= 4 is 0 Å². The first-order valence-corrected chi connectivity index (χ1v) is 7.34. The van der Waals surface area contributed by atoms with Crippen LogP contribution >= 0.6 is 0 Å². The van der Waals surface area contributed by atoms with Gasteiger partial charge in [0.05, 0.1) is 7.11 Å². The van der Waals surface area contributed by atoms with E-state index < -0.39 is 0 Å². The van der Waals surface area contributed by atoms with Crippen LogP contribution in [0.15, 0.2) is 24.3 Å². The van der Waals surface area contributed by atoms with E-state index in [1.165, 1.54) is 18.4 Å². The average Bonchev–Trinajstić information content (AvgIpc) is 3.31. The van der Waals surface area contributed by atoms with E-state index in [1.807, 2.05) is 0 Å². The molecule has 2 aliphatic rings. The van der Waals surface area contributed by atoms with Crippen LogP contribution in [0, 0.1) is 5.92 Å². The number of nitrogens with one attached hydrogen (secondary N) is 1. The highest BCUT2D eigenvalue weighted by Gasteiger charge is 2.33. The minimum Gasteiger partial charge on any atom is -0.497 e. The molecule has 1 aliphatic heterocycles. The van der Waals surface area contributed by atoms with Crippen molar-refractivity contribution in [1.29, 1.82) is 0 Å². The van der Waals surface area contributed by atoms with E-state index in [0.717, 1.165) is 37.7 Å². The lowest BCUT2D eigenvalue weighted by atomic mass is 9.99. The number of ether oxygens (including phenoxy) is 2. The predicted octanol–water partition coefficient (Wildman–Crippen LogP) is 2.91. The molecule has 1 unspecified atom stereocenters. The van der Waals surface area contributed by atoms with Gasteiger partial charge in [-0.05, 0) is 49.3 Å². The van der Waals surface area contributed by atoms with Gasteiger partial charge in [0.1, 0.15) is 5.75 Å². The van der Waals surface area contributed by atoms with E-state index in [1.54, 1.807) is 7.11 Å². The number of benzene rings is 1. The van der Waals surface area contributed by atoms with Crippen LogP contribution in [0.4, 0.5) is 0 Å². The lowest BCUT2D eigenvalue weighted by Crippen LogP contribution is -2.38. The van der Waals surface area contributed by atoms with Gasteiger partial charge in [0, 0.05) is 25.3 Å². The quantitative estimate of drug-likeness (QED) is 0.884. The van der Waals surface area contributed by atoms with Gasteiger partial charge in [0.25, 0.3) is 0 Å². The summed E-state index contributed by atoms with van der Waals surface area (Å²) in [5.74, 6) is 1.75. The Morgan fingerprint density at radius 3 is 2.37 bits per heavy atom. The molecule has 1 saturated heterocycles. The van der Waals surface area contributed by atoms with Gasteiger partial charge in [-0.2, -0.15) is 0 Å². The normalized spacial score (nSPS) is 22.2. The Labute approximate surface area is 115 Å². The van der Waals surface area contributed by atoms with Gasteiger partial charge in [0.2, 0.25) is 0 Å². The van der Waals surface area contributed by atoms with Crippen molar-refractivity contribution in [3.63, 3.8) is 0 Å². The zero-order valence-corrected chi connectivity index (χ0v) is 11.6. The Hall–Kier alpha value is -1.06. The molecule has 1 atom stereocenters. The minimum atomic E-state index is 0.508. The second kappa shape index (κ2) is 5.93. The summed E-state index contributed by atoms with van der Waals surface area (Å²) >= 11 is 0. The zero-order valence-electron chi connectivity index (χ0n) is 11.6. The van der Waals surface area contributed by atoms with Gasteiger partial charge < -0.3 is 14.8 Å². The summed E-state index contributed by atoms with van der Waals surface area (Å²) in [6.45, 7) is 1.80. The van der Waals surface area contributed by atoms with Crippen LogP contribution in [0.25, 0.3) is 0 Å². The maximum absolute atomic E-state index is 5.44. The summed E-state index contributed by atoms with van der Waals surface area (Å²) < 4.78 is 10.7. The van der Waals surface area contributed by atoms with Gasteiger partial charge in [-0.3, -0.25) is 0 Å². The maximum Gasteiger partial charge on any atom is 0.118 e.